The molecule has 0 saturated heterocycles. The summed E-state index contributed by atoms with van der Waals surface area (Å²) in [7, 11) is 1.68. The van der Waals surface area contributed by atoms with Crippen LogP contribution in [-0.2, 0) is 0 Å². The molecule has 1 heterocycles. The molecule has 0 unspecified atom stereocenters. The summed E-state index contributed by atoms with van der Waals surface area (Å²) >= 11 is 0. The second-order valence-corrected chi connectivity index (χ2v) is 4.58. The van der Waals surface area contributed by atoms with Gasteiger partial charge in [-0.1, -0.05) is 0 Å². The van der Waals surface area contributed by atoms with Gasteiger partial charge in [0.1, 0.15) is 5.54 Å². The summed E-state index contributed by atoms with van der Waals surface area (Å²) in [6.07, 6.45) is 0. The van der Waals surface area contributed by atoms with Crippen molar-refractivity contribution in [3.8, 4) is 0 Å². The van der Waals surface area contributed by atoms with E-state index < -0.39 is 25.4 Å². The Morgan fingerprint density at radius 3 is 1.90 bits per heavy atom. The minimum Gasteiger partial charge on any atom is -0.394 e. The molecule has 0 radical (unpaired) electrons. The van der Waals surface area contributed by atoms with Crippen molar-refractivity contribution in [1.82, 2.24) is 15.0 Å². The lowest BCUT2D eigenvalue weighted by Crippen LogP contribution is -2.49. The number of anilines is 3. The largest absolute Gasteiger partial charge is 0.394 e. The average molecular weight is 300 g/mol. The molecule has 0 aliphatic heterocycles. The van der Waals surface area contributed by atoms with Gasteiger partial charge >= 0.3 is 0 Å². The van der Waals surface area contributed by atoms with Crippen molar-refractivity contribution >= 4 is 17.8 Å². The number of aliphatic hydroxyl groups is 3. The third-order valence-electron chi connectivity index (χ3n) is 3.18. The van der Waals surface area contributed by atoms with Crippen molar-refractivity contribution in [2.24, 2.45) is 0 Å². The topological polar surface area (TPSA) is 127 Å². The zero-order valence-corrected chi connectivity index (χ0v) is 12.7. The molecule has 1 rings (SSSR count). The molecule has 0 saturated carbocycles. The predicted octanol–water partition coefficient (Wildman–Crippen LogP) is -1.11. The normalized spacial score (nSPS) is 11.3. The fourth-order valence-electron chi connectivity index (χ4n) is 1.69. The highest BCUT2D eigenvalue weighted by molar-refractivity contribution is 5.44. The maximum Gasteiger partial charge on any atom is 0.231 e. The van der Waals surface area contributed by atoms with Gasteiger partial charge in [-0.2, -0.15) is 15.0 Å². The molecule has 5 N–H and O–H groups in total. The maximum absolute atomic E-state index is 9.36. The van der Waals surface area contributed by atoms with Crippen molar-refractivity contribution in [3.63, 3.8) is 0 Å². The van der Waals surface area contributed by atoms with Crippen molar-refractivity contribution in [2.75, 3.05) is 55.5 Å². The van der Waals surface area contributed by atoms with Crippen LogP contribution in [0.25, 0.3) is 0 Å². The molecule has 0 bridgehead atoms. The van der Waals surface area contributed by atoms with Crippen LogP contribution < -0.4 is 15.5 Å². The van der Waals surface area contributed by atoms with Crippen LogP contribution >= 0.6 is 0 Å². The molecular weight excluding hydrogens is 276 g/mol. The molecule has 0 spiro atoms. The Labute approximate surface area is 124 Å². The van der Waals surface area contributed by atoms with E-state index in [1.165, 1.54) is 0 Å². The predicted molar refractivity (Wildman–Crippen MR) is 80.5 cm³/mol. The van der Waals surface area contributed by atoms with Gasteiger partial charge in [-0.15, -0.1) is 0 Å². The van der Waals surface area contributed by atoms with E-state index in [1.807, 2.05) is 18.7 Å². The number of aliphatic hydroxyl groups excluding tert-OH is 3. The lowest BCUT2D eigenvalue weighted by molar-refractivity contribution is 0.0828. The number of rotatable bonds is 9. The van der Waals surface area contributed by atoms with Gasteiger partial charge in [-0.25, -0.2) is 0 Å². The van der Waals surface area contributed by atoms with E-state index in [1.54, 1.807) is 7.05 Å². The number of nitrogens with one attached hydrogen (secondary N) is 2. The highest BCUT2D eigenvalue weighted by atomic mass is 16.3. The summed E-state index contributed by atoms with van der Waals surface area (Å²) in [6.45, 7) is 4.06. The Morgan fingerprint density at radius 1 is 0.952 bits per heavy atom. The van der Waals surface area contributed by atoms with E-state index in [-0.39, 0.29) is 5.95 Å². The fourth-order valence-corrected chi connectivity index (χ4v) is 1.69. The van der Waals surface area contributed by atoms with Gasteiger partial charge in [0.25, 0.3) is 0 Å². The van der Waals surface area contributed by atoms with Crippen LogP contribution in [0.15, 0.2) is 0 Å². The lowest BCUT2D eigenvalue weighted by Gasteiger charge is -2.29. The Morgan fingerprint density at radius 2 is 1.48 bits per heavy atom. The SMILES string of the molecule is CCN(CC)c1nc(NC)nc(NC(CO)(CO)CO)n1. The summed E-state index contributed by atoms with van der Waals surface area (Å²) in [4.78, 5) is 14.6. The van der Waals surface area contributed by atoms with Crippen LogP contribution in [0.4, 0.5) is 17.8 Å². The number of hydrogen-bond donors (Lipinski definition) is 5. The van der Waals surface area contributed by atoms with E-state index in [4.69, 9.17) is 0 Å². The molecule has 21 heavy (non-hydrogen) atoms. The molecule has 120 valence electrons. The molecule has 1 aromatic heterocycles. The molecule has 0 aliphatic carbocycles. The molecule has 0 amide bonds. The zero-order valence-electron chi connectivity index (χ0n) is 12.7. The van der Waals surface area contributed by atoms with Gasteiger partial charge in [-0.3, -0.25) is 0 Å². The quantitative estimate of drug-likeness (QED) is 0.385. The Bertz CT molecular complexity index is 429. The van der Waals surface area contributed by atoms with Crippen molar-refractivity contribution < 1.29 is 15.3 Å². The fraction of sp³-hybridized carbons (Fsp3) is 0.750. The highest BCUT2D eigenvalue weighted by Crippen LogP contribution is 2.16. The van der Waals surface area contributed by atoms with Gasteiger partial charge in [-0.05, 0) is 13.8 Å². The van der Waals surface area contributed by atoms with Crippen LogP contribution in [0.2, 0.25) is 0 Å². The summed E-state index contributed by atoms with van der Waals surface area (Å²) in [5, 5.41) is 33.7. The van der Waals surface area contributed by atoms with E-state index in [9.17, 15) is 15.3 Å². The lowest BCUT2D eigenvalue weighted by atomic mass is 10.0. The van der Waals surface area contributed by atoms with Gasteiger partial charge < -0.3 is 30.9 Å². The van der Waals surface area contributed by atoms with Crippen LogP contribution in [0.3, 0.4) is 0 Å². The van der Waals surface area contributed by atoms with E-state index in [2.05, 4.69) is 25.6 Å². The zero-order chi connectivity index (χ0) is 15.9. The average Bonchev–Trinajstić information content (AvgIpc) is 2.53. The van der Waals surface area contributed by atoms with Crippen LogP contribution in [-0.4, -0.2) is 75.8 Å². The molecular formula is C12H24N6O3. The summed E-state index contributed by atoms with van der Waals surface area (Å²) in [5.74, 6) is 1.01. The minimum atomic E-state index is -1.28. The van der Waals surface area contributed by atoms with Gasteiger partial charge in [0.15, 0.2) is 0 Å². The Kier molecular flexibility index (Phi) is 6.53. The summed E-state index contributed by atoms with van der Waals surface area (Å²) in [6, 6.07) is 0. The number of hydrogen-bond acceptors (Lipinski definition) is 9. The minimum absolute atomic E-state index is 0.174. The standard InChI is InChI=1S/C12H24N6O3/c1-4-18(5-2)11-15-9(13-3)14-10(16-11)17-12(6-19,7-20)8-21/h19-21H,4-8H2,1-3H3,(H2,13,14,15,16,17). The smallest absolute Gasteiger partial charge is 0.231 e. The maximum atomic E-state index is 9.36. The third-order valence-corrected chi connectivity index (χ3v) is 3.18. The molecule has 0 aliphatic rings. The molecule has 0 atom stereocenters. The van der Waals surface area contributed by atoms with Crippen LogP contribution in [0.1, 0.15) is 13.8 Å². The van der Waals surface area contributed by atoms with Gasteiger partial charge in [0, 0.05) is 20.1 Å². The first kappa shape index (κ1) is 17.3. The van der Waals surface area contributed by atoms with Gasteiger partial charge in [0.2, 0.25) is 17.8 Å². The molecule has 1 aromatic rings. The second-order valence-electron chi connectivity index (χ2n) is 4.58. The van der Waals surface area contributed by atoms with Crippen LogP contribution in [0, 0.1) is 0 Å². The monoisotopic (exact) mass is 300 g/mol. The molecule has 0 aromatic carbocycles. The van der Waals surface area contributed by atoms with E-state index in [0.29, 0.717) is 11.9 Å². The first-order valence-corrected chi connectivity index (χ1v) is 6.87. The van der Waals surface area contributed by atoms with E-state index in [0.717, 1.165) is 13.1 Å². The van der Waals surface area contributed by atoms with Crippen LogP contribution in [0.5, 0.6) is 0 Å². The first-order chi connectivity index (χ1) is 10.1. The number of nitrogens with zero attached hydrogens (tertiary/aromatic N) is 4. The first-order valence-electron chi connectivity index (χ1n) is 6.87. The molecule has 9 nitrogen and oxygen atoms in total. The number of aromatic nitrogens is 3. The Balaban J connectivity index is 3.14. The second kappa shape index (κ2) is 7.91. The van der Waals surface area contributed by atoms with Gasteiger partial charge in [0.05, 0.1) is 19.8 Å². The summed E-state index contributed by atoms with van der Waals surface area (Å²) in [5.41, 5.74) is -1.28. The van der Waals surface area contributed by atoms with E-state index >= 15 is 0 Å². The van der Waals surface area contributed by atoms with Crippen molar-refractivity contribution in [2.45, 2.75) is 19.4 Å². The molecule has 9 heteroatoms. The third kappa shape index (κ3) is 4.13. The Hall–Kier alpha value is -1.71. The van der Waals surface area contributed by atoms with Crippen molar-refractivity contribution in [3.05, 3.63) is 0 Å². The highest BCUT2D eigenvalue weighted by Gasteiger charge is 2.29. The van der Waals surface area contributed by atoms with Crippen molar-refractivity contribution in [1.29, 1.82) is 0 Å². The molecule has 0 fully saturated rings. The summed E-state index contributed by atoms with van der Waals surface area (Å²) < 4.78 is 0.